The number of hydrogen-bond donors (Lipinski definition) is 1. The van der Waals surface area contributed by atoms with Gasteiger partial charge in [0, 0.05) is 36.8 Å². The Morgan fingerprint density at radius 2 is 2.12 bits per heavy atom. The van der Waals surface area contributed by atoms with Crippen LogP contribution in [0.3, 0.4) is 0 Å². The highest BCUT2D eigenvalue weighted by Crippen LogP contribution is 2.22. The number of nitrogens with two attached hydrogens (primary N) is 1. The summed E-state index contributed by atoms with van der Waals surface area (Å²) >= 11 is 0. The van der Waals surface area contributed by atoms with Crippen molar-refractivity contribution in [2.75, 3.05) is 18.0 Å². The first-order chi connectivity index (χ1) is 12.1. The summed E-state index contributed by atoms with van der Waals surface area (Å²) in [6.07, 6.45) is 3.53. The van der Waals surface area contributed by atoms with E-state index in [1.807, 2.05) is 10.6 Å². The molecule has 130 valence electrons. The van der Waals surface area contributed by atoms with Gasteiger partial charge in [-0.25, -0.2) is 4.39 Å². The fourth-order valence-electron chi connectivity index (χ4n) is 3.48. The first-order valence-corrected chi connectivity index (χ1v) is 8.45. The van der Waals surface area contributed by atoms with E-state index in [0.29, 0.717) is 24.3 Å². The Bertz CT molecular complexity index is 963. The Balaban J connectivity index is 1.86. The lowest BCUT2D eigenvalue weighted by Crippen LogP contribution is -2.44. The topological polar surface area (TPSA) is 68.6 Å². The molecule has 0 aliphatic carbocycles. The molecular formula is C18H20FN5O. The molecule has 1 aliphatic rings. The molecule has 0 amide bonds. The molecule has 0 radical (unpaired) electrons. The van der Waals surface area contributed by atoms with Crippen LogP contribution in [-0.2, 0) is 6.54 Å². The SMILES string of the molecule is N[C@@H]1CCCN(c2cc(=O)n3nccc3n2Cc2ccccc2F)C1. The smallest absolute Gasteiger partial charge is 0.276 e. The van der Waals surface area contributed by atoms with Gasteiger partial charge in [0.1, 0.15) is 17.3 Å². The molecule has 3 aromatic rings. The second-order valence-electron chi connectivity index (χ2n) is 6.47. The number of hydrogen-bond acceptors (Lipinski definition) is 4. The summed E-state index contributed by atoms with van der Waals surface area (Å²) in [5.41, 5.74) is 7.13. The molecule has 2 aromatic heterocycles. The van der Waals surface area contributed by atoms with Crippen molar-refractivity contribution >= 4 is 11.5 Å². The summed E-state index contributed by atoms with van der Waals surface area (Å²) in [5, 5.41) is 4.09. The fourth-order valence-corrected chi connectivity index (χ4v) is 3.48. The third-order valence-corrected chi connectivity index (χ3v) is 4.71. The van der Waals surface area contributed by atoms with E-state index >= 15 is 0 Å². The summed E-state index contributed by atoms with van der Waals surface area (Å²) in [6, 6.07) is 10.1. The minimum atomic E-state index is -0.264. The largest absolute Gasteiger partial charge is 0.356 e. The number of rotatable bonds is 3. The molecule has 1 aliphatic heterocycles. The first-order valence-electron chi connectivity index (χ1n) is 8.45. The van der Waals surface area contributed by atoms with E-state index in [-0.39, 0.29) is 17.4 Å². The van der Waals surface area contributed by atoms with Gasteiger partial charge in [0.25, 0.3) is 5.56 Å². The minimum Gasteiger partial charge on any atom is -0.356 e. The van der Waals surface area contributed by atoms with E-state index in [1.165, 1.54) is 10.6 Å². The average Bonchev–Trinajstić information content (AvgIpc) is 3.09. The standard InChI is InChI=1S/C18H20FN5O/c19-15-6-2-1-4-13(15)11-23-16-7-8-21-24(16)18(25)10-17(23)22-9-3-5-14(20)12-22/h1-2,4,6-8,10,14H,3,5,9,11-12,20H2/t14-/m1/s1. The second kappa shape index (κ2) is 6.33. The Morgan fingerprint density at radius 1 is 1.28 bits per heavy atom. The Labute approximate surface area is 144 Å². The van der Waals surface area contributed by atoms with E-state index < -0.39 is 0 Å². The van der Waals surface area contributed by atoms with Crippen molar-refractivity contribution in [2.45, 2.75) is 25.4 Å². The highest BCUT2D eigenvalue weighted by molar-refractivity contribution is 5.51. The van der Waals surface area contributed by atoms with Gasteiger partial charge >= 0.3 is 0 Å². The third-order valence-electron chi connectivity index (χ3n) is 4.71. The predicted molar refractivity (Wildman–Crippen MR) is 94.4 cm³/mol. The van der Waals surface area contributed by atoms with Crippen molar-refractivity contribution in [3.8, 4) is 0 Å². The predicted octanol–water partition coefficient (Wildman–Crippen LogP) is 1.61. The molecule has 1 fully saturated rings. The number of aromatic nitrogens is 3. The maximum Gasteiger partial charge on any atom is 0.276 e. The van der Waals surface area contributed by atoms with E-state index in [2.05, 4.69) is 10.00 Å². The molecule has 6 nitrogen and oxygen atoms in total. The first kappa shape index (κ1) is 15.8. The van der Waals surface area contributed by atoms with Crippen molar-refractivity contribution < 1.29 is 4.39 Å². The zero-order valence-electron chi connectivity index (χ0n) is 13.8. The fraction of sp³-hybridized carbons (Fsp3) is 0.333. The van der Waals surface area contributed by atoms with Gasteiger partial charge in [-0.05, 0) is 18.9 Å². The van der Waals surface area contributed by atoms with Crippen LogP contribution in [0.25, 0.3) is 5.65 Å². The molecule has 0 bridgehead atoms. The molecule has 2 N–H and O–H groups in total. The number of halogens is 1. The maximum absolute atomic E-state index is 14.2. The lowest BCUT2D eigenvalue weighted by atomic mass is 10.1. The molecule has 0 spiro atoms. The van der Waals surface area contributed by atoms with Gasteiger partial charge in [0.2, 0.25) is 0 Å². The summed E-state index contributed by atoms with van der Waals surface area (Å²) in [5.74, 6) is 0.497. The molecule has 4 rings (SSSR count). The number of piperidine rings is 1. The zero-order valence-corrected chi connectivity index (χ0v) is 13.8. The zero-order chi connectivity index (χ0) is 17.4. The molecule has 25 heavy (non-hydrogen) atoms. The van der Waals surface area contributed by atoms with Crippen LogP contribution in [-0.4, -0.2) is 33.3 Å². The summed E-state index contributed by atoms with van der Waals surface area (Å²) in [7, 11) is 0. The number of fused-ring (bicyclic) bond motifs is 1. The maximum atomic E-state index is 14.2. The van der Waals surface area contributed by atoms with Gasteiger partial charge < -0.3 is 15.2 Å². The van der Waals surface area contributed by atoms with Gasteiger partial charge in [-0.3, -0.25) is 4.79 Å². The van der Waals surface area contributed by atoms with Gasteiger partial charge in [-0.1, -0.05) is 18.2 Å². The van der Waals surface area contributed by atoms with Crippen LogP contribution in [0.2, 0.25) is 0 Å². The van der Waals surface area contributed by atoms with Crippen LogP contribution in [0.1, 0.15) is 18.4 Å². The number of nitrogens with zero attached hydrogens (tertiary/aromatic N) is 4. The van der Waals surface area contributed by atoms with Crippen molar-refractivity contribution in [1.82, 2.24) is 14.2 Å². The quantitative estimate of drug-likeness (QED) is 0.786. The van der Waals surface area contributed by atoms with Gasteiger partial charge in [-0.2, -0.15) is 9.61 Å². The molecule has 1 aromatic carbocycles. The van der Waals surface area contributed by atoms with Crippen molar-refractivity contribution in [3.63, 3.8) is 0 Å². The molecule has 1 saturated heterocycles. The van der Waals surface area contributed by atoms with Crippen LogP contribution in [0, 0.1) is 5.82 Å². The monoisotopic (exact) mass is 341 g/mol. The Morgan fingerprint density at radius 3 is 2.92 bits per heavy atom. The molecule has 1 atom stereocenters. The van der Waals surface area contributed by atoms with Crippen LogP contribution in [0.5, 0.6) is 0 Å². The van der Waals surface area contributed by atoms with Crippen LogP contribution < -0.4 is 16.2 Å². The minimum absolute atomic E-state index is 0.0758. The average molecular weight is 341 g/mol. The molecule has 7 heteroatoms. The third kappa shape index (κ3) is 2.91. The lowest BCUT2D eigenvalue weighted by molar-refractivity contribution is 0.496. The van der Waals surface area contributed by atoms with E-state index in [4.69, 9.17) is 5.73 Å². The van der Waals surface area contributed by atoms with Crippen LogP contribution in [0.15, 0.2) is 47.4 Å². The van der Waals surface area contributed by atoms with Gasteiger partial charge in [0.05, 0.1) is 12.7 Å². The second-order valence-corrected chi connectivity index (χ2v) is 6.47. The Kier molecular flexibility index (Phi) is 4.01. The molecular weight excluding hydrogens is 321 g/mol. The van der Waals surface area contributed by atoms with Crippen molar-refractivity contribution in [3.05, 3.63) is 64.3 Å². The van der Waals surface area contributed by atoms with E-state index in [1.54, 1.807) is 30.5 Å². The van der Waals surface area contributed by atoms with E-state index in [9.17, 15) is 9.18 Å². The van der Waals surface area contributed by atoms with Crippen molar-refractivity contribution in [2.24, 2.45) is 5.73 Å². The van der Waals surface area contributed by atoms with Crippen LogP contribution >= 0.6 is 0 Å². The van der Waals surface area contributed by atoms with Crippen LogP contribution in [0.4, 0.5) is 10.2 Å². The summed E-state index contributed by atoms with van der Waals surface area (Å²) in [6.45, 7) is 1.83. The number of benzene rings is 1. The highest BCUT2D eigenvalue weighted by atomic mass is 19.1. The normalized spacial score (nSPS) is 18.0. The van der Waals surface area contributed by atoms with Gasteiger partial charge in [0.15, 0.2) is 0 Å². The van der Waals surface area contributed by atoms with E-state index in [0.717, 1.165) is 25.2 Å². The van der Waals surface area contributed by atoms with Gasteiger partial charge in [-0.15, -0.1) is 0 Å². The lowest BCUT2D eigenvalue weighted by Gasteiger charge is -2.34. The molecule has 0 unspecified atom stereocenters. The number of anilines is 1. The van der Waals surface area contributed by atoms with Crippen molar-refractivity contribution in [1.29, 1.82) is 0 Å². The highest BCUT2D eigenvalue weighted by Gasteiger charge is 2.22. The summed E-state index contributed by atoms with van der Waals surface area (Å²) in [4.78, 5) is 14.5. The molecule has 3 heterocycles. The molecule has 0 saturated carbocycles. The Hall–Kier alpha value is -2.67. The summed E-state index contributed by atoms with van der Waals surface area (Å²) < 4.78 is 17.5.